The Hall–Kier alpha value is -1.18. The number of rotatable bonds is 8. The molecular weight excluding hydrogens is 346 g/mol. The average Bonchev–Trinajstić information content (AvgIpc) is 3.00. The molecule has 0 aromatic carbocycles. The highest BCUT2D eigenvalue weighted by Gasteiger charge is 2.23. The van der Waals surface area contributed by atoms with E-state index < -0.39 is 0 Å². The van der Waals surface area contributed by atoms with Crippen molar-refractivity contribution in [3.63, 3.8) is 0 Å². The zero-order chi connectivity index (χ0) is 18.9. The summed E-state index contributed by atoms with van der Waals surface area (Å²) in [6, 6.07) is 0.492. The number of ether oxygens (including phenoxy) is 1. The number of aryl methyl sites for hydroxylation is 2. The van der Waals surface area contributed by atoms with E-state index in [1.54, 1.807) is 0 Å². The highest BCUT2D eigenvalue weighted by molar-refractivity contribution is 7.11. The third-order valence-corrected chi connectivity index (χ3v) is 5.96. The van der Waals surface area contributed by atoms with Gasteiger partial charge in [-0.05, 0) is 19.3 Å². The summed E-state index contributed by atoms with van der Waals surface area (Å²) in [7, 11) is 1.83. The summed E-state index contributed by atoms with van der Waals surface area (Å²) >= 11 is 1.81. The molecule has 0 bridgehead atoms. The molecule has 26 heavy (non-hydrogen) atoms. The van der Waals surface area contributed by atoms with Gasteiger partial charge in [0, 0.05) is 50.6 Å². The number of hydrogen-bond donors (Lipinski definition) is 2. The summed E-state index contributed by atoms with van der Waals surface area (Å²) in [6.45, 7) is 14.3. The average molecular weight is 382 g/mol. The second-order valence-electron chi connectivity index (χ2n) is 7.05. The number of aromatic nitrogens is 1. The number of aliphatic imine (C=N–C) groups is 1. The molecule has 0 aliphatic carbocycles. The van der Waals surface area contributed by atoms with Gasteiger partial charge in [0.1, 0.15) is 0 Å². The Balaban J connectivity index is 1.78. The lowest BCUT2D eigenvalue weighted by Gasteiger charge is -2.37. The lowest BCUT2D eigenvalue weighted by Crippen LogP contribution is -2.52. The summed E-state index contributed by atoms with van der Waals surface area (Å²) in [4.78, 5) is 12.9. The first-order valence-electron chi connectivity index (χ1n) is 9.76. The molecule has 0 spiro atoms. The van der Waals surface area contributed by atoms with Crippen molar-refractivity contribution in [1.29, 1.82) is 0 Å². The van der Waals surface area contributed by atoms with Gasteiger partial charge in [-0.15, -0.1) is 11.3 Å². The van der Waals surface area contributed by atoms with E-state index in [1.807, 2.05) is 18.4 Å². The Labute approximate surface area is 162 Å². The monoisotopic (exact) mass is 381 g/mol. The summed E-state index contributed by atoms with van der Waals surface area (Å²) in [5.41, 5.74) is 1.23. The lowest BCUT2D eigenvalue weighted by atomic mass is 10.0. The van der Waals surface area contributed by atoms with E-state index >= 15 is 0 Å². The molecular formula is C19H35N5OS. The summed E-state index contributed by atoms with van der Waals surface area (Å²) in [5, 5.41) is 8.13. The Bertz CT molecular complexity index is 566. The van der Waals surface area contributed by atoms with Gasteiger partial charge in [0.25, 0.3) is 0 Å². The van der Waals surface area contributed by atoms with E-state index in [2.05, 4.69) is 48.2 Å². The van der Waals surface area contributed by atoms with E-state index in [9.17, 15) is 0 Å². The molecule has 1 aromatic rings. The van der Waals surface area contributed by atoms with Crippen molar-refractivity contribution in [2.45, 2.75) is 46.6 Å². The van der Waals surface area contributed by atoms with Crippen LogP contribution in [-0.2, 0) is 17.6 Å². The standard InChI is InChI=1S/C19H35N5OS/c1-6-16-15(4)26-18(23-16)7-8-21-19(20-5)22-13-17(14(2)3)24-9-11-25-12-10-24/h14,17H,6-13H2,1-5H3,(H2,20,21,22). The molecule has 0 amide bonds. The summed E-state index contributed by atoms with van der Waals surface area (Å²) < 4.78 is 5.49. The molecule has 2 rings (SSSR count). The highest BCUT2D eigenvalue weighted by Crippen LogP contribution is 2.18. The maximum Gasteiger partial charge on any atom is 0.191 e. The van der Waals surface area contributed by atoms with Crippen molar-refractivity contribution in [1.82, 2.24) is 20.5 Å². The molecule has 2 N–H and O–H groups in total. The lowest BCUT2D eigenvalue weighted by molar-refractivity contribution is 0.00752. The van der Waals surface area contributed by atoms with E-state index in [1.165, 1.54) is 15.6 Å². The third-order valence-electron chi connectivity index (χ3n) is 4.89. The van der Waals surface area contributed by atoms with Gasteiger partial charge in [-0.1, -0.05) is 20.8 Å². The third kappa shape index (κ3) is 6.21. The molecule has 148 valence electrons. The number of guanidine groups is 1. The second-order valence-corrected chi connectivity index (χ2v) is 8.34. The van der Waals surface area contributed by atoms with Gasteiger partial charge in [-0.2, -0.15) is 0 Å². The number of nitrogens with zero attached hydrogens (tertiary/aromatic N) is 3. The predicted molar refractivity (Wildman–Crippen MR) is 110 cm³/mol. The maximum atomic E-state index is 5.49. The smallest absolute Gasteiger partial charge is 0.191 e. The van der Waals surface area contributed by atoms with Crippen molar-refractivity contribution >= 4 is 17.3 Å². The van der Waals surface area contributed by atoms with E-state index in [-0.39, 0.29) is 0 Å². The van der Waals surface area contributed by atoms with Crippen LogP contribution in [0.4, 0.5) is 0 Å². The molecule has 1 aromatic heterocycles. The van der Waals surface area contributed by atoms with Gasteiger partial charge in [0.05, 0.1) is 23.9 Å². The molecule has 7 heteroatoms. The quantitative estimate of drug-likeness (QED) is 0.533. The largest absolute Gasteiger partial charge is 0.379 e. The number of thiazole rings is 1. The van der Waals surface area contributed by atoms with Crippen LogP contribution < -0.4 is 10.6 Å². The fraction of sp³-hybridized carbons (Fsp3) is 0.789. The highest BCUT2D eigenvalue weighted by atomic mass is 32.1. The van der Waals surface area contributed by atoms with Crippen LogP contribution in [-0.4, -0.2) is 68.3 Å². The molecule has 1 saturated heterocycles. The first-order valence-corrected chi connectivity index (χ1v) is 10.6. The predicted octanol–water partition coefficient (Wildman–Crippen LogP) is 2.08. The van der Waals surface area contributed by atoms with Gasteiger partial charge < -0.3 is 15.4 Å². The zero-order valence-electron chi connectivity index (χ0n) is 17.0. The normalized spacial score (nSPS) is 17.5. The van der Waals surface area contributed by atoms with Gasteiger partial charge in [0.15, 0.2) is 5.96 Å². The Morgan fingerprint density at radius 1 is 1.31 bits per heavy atom. The first-order chi connectivity index (χ1) is 12.5. The Kier molecular flexibility index (Phi) is 8.81. The SMILES string of the molecule is CCc1nc(CCNC(=NC)NCC(C(C)C)N2CCOCC2)sc1C. The maximum absolute atomic E-state index is 5.49. The molecule has 0 saturated carbocycles. The molecule has 1 unspecified atom stereocenters. The number of morpholine rings is 1. The second kappa shape index (κ2) is 10.8. The van der Waals surface area contributed by atoms with Crippen LogP contribution in [0.1, 0.15) is 36.3 Å². The molecule has 2 heterocycles. The fourth-order valence-electron chi connectivity index (χ4n) is 3.33. The van der Waals surface area contributed by atoms with Crippen molar-refractivity contribution in [2.75, 3.05) is 46.4 Å². The van der Waals surface area contributed by atoms with Crippen molar-refractivity contribution in [2.24, 2.45) is 10.9 Å². The minimum atomic E-state index is 0.492. The van der Waals surface area contributed by atoms with Crippen molar-refractivity contribution in [3.05, 3.63) is 15.6 Å². The van der Waals surface area contributed by atoms with Crippen LogP contribution in [0.15, 0.2) is 4.99 Å². The Morgan fingerprint density at radius 3 is 2.62 bits per heavy atom. The molecule has 1 aliphatic heterocycles. The van der Waals surface area contributed by atoms with Crippen LogP contribution in [0.3, 0.4) is 0 Å². The van der Waals surface area contributed by atoms with E-state index in [0.717, 1.165) is 58.2 Å². The number of hydrogen-bond acceptors (Lipinski definition) is 5. The van der Waals surface area contributed by atoms with Gasteiger partial charge >= 0.3 is 0 Å². The minimum Gasteiger partial charge on any atom is -0.379 e. The van der Waals surface area contributed by atoms with Crippen LogP contribution >= 0.6 is 11.3 Å². The first kappa shape index (κ1) is 21.1. The Morgan fingerprint density at radius 2 is 2.04 bits per heavy atom. The molecule has 6 nitrogen and oxygen atoms in total. The van der Waals surface area contributed by atoms with Gasteiger partial charge in [-0.3, -0.25) is 9.89 Å². The van der Waals surface area contributed by atoms with Crippen LogP contribution in [0.25, 0.3) is 0 Å². The molecule has 0 radical (unpaired) electrons. The van der Waals surface area contributed by atoms with Crippen LogP contribution in [0.2, 0.25) is 0 Å². The molecule has 1 atom stereocenters. The van der Waals surface area contributed by atoms with Gasteiger partial charge in [-0.25, -0.2) is 4.98 Å². The topological polar surface area (TPSA) is 61.8 Å². The molecule has 1 aliphatic rings. The fourth-order valence-corrected chi connectivity index (χ4v) is 4.35. The summed E-state index contributed by atoms with van der Waals surface area (Å²) in [6.07, 6.45) is 1.94. The van der Waals surface area contributed by atoms with E-state index in [0.29, 0.717) is 12.0 Å². The zero-order valence-corrected chi connectivity index (χ0v) is 17.8. The molecule has 1 fully saturated rings. The number of nitrogens with one attached hydrogen (secondary N) is 2. The van der Waals surface area contributed by atoms with E-state index in [4.69, 9.17) is 9.72 Å². The summed E-state index contributed by atoms with van der Waals surface area (Å²) in [5.74, 6) is 1.46. The minimum absolute atomic E-state index is 0.492. The van der Waals surface area contributed by atoms with Crippen molar-refractivity contribution in [3.8, 4) is 0 Å². The van der Waals surface area contributed by atoms with Crippen LogP contribution in [0.5, 0.6) is 0 Å². The van der Waals surface area contributed by atoms with Crippen LogP contribution in [0, 0.1) is 12.8 Å². The van der Waals surface area contributed by atoms with Crippen molar-refractivity contribution < 1.29 is 4.74 Å². The van der Waals surface area contributed by atoms with Gasteiger partial charge in [0.2, 0.25) is 0 Å².